The second-order valence-electron chi connectivity index (χ2n) is 4.35. The van der Waals surface area contributed by atoms with Crippen LogP contribution in [0, 0.1) is 0 Å². The summed E-state index contributed by atoms with van der Waals surface area (Å²) in [6.45, 7) is 0. The van der Waals surface area contributed by atoms with E-state index >= 15 is 0 Å². The monoisotopic (exact) mass is 368 g/mol. The summed E-state index contributed by atoms with van der Waals surface area (Å²) >= 11 is 4.52. The van der Waals surface area contributed by atoms with Crippen LogP contribution in [0.25, 0.3) is 0 Å². The topological polar surface area (TPSA) is 67.5 Å². The second kappa shape index (κ2) is 7.47. The summed E-state index contributed by atoms with van der Waals surface area (Å²) in [5.74, 6) is -0.413. The first-order chi connectivity index (χ1) is 10.1. The van der Waals surface area contributed by atoms with Gasteiger partial charge < -0.3 is 9.52 Å². The van der Waals surface area contributed by atoms with Crippen molar-refractivity contribution in [1.82, 2.24) is 0 Å². The summed E-state index contributed by atoms with van der Waals surface area (Å²) < 4.78 is 6.15. The van der Waals surface area contributed by atoms with Gasteiger partial charge in [-0.2, -0.15) is 0 Å². The summed E-state index contributed by atoms with van der Waals surface area (Å²) in [7, 11) is 0. The molecule has 0 saturated heterocycles. The molecule has 1 N–H and O–H groups in total. The molecule has 0 aliphatic rings. The third-order valence-corrected chi connectivity index (χ3v) is 4.49. The van der Waals surface area contributed by atoms with Gasteiger partial charge in [-0.25, -0.2) is 0 Å². The van der Waals surface area contributed by atoms with E-state index in [1.165, 1.54) is 18.0 Å². The molecule has 0 spiro atoms. The van der Waals surface area contributed by atoms with Crippen LogP contribution >= 0.6 is 27.7 Å². The smallest absolute Gasteiger partial charge is 0.313 e. The van der Waals surface area contributed by atoms with Crippen LogP contribution in [0.2, 0.25) is 0 Å². The average Bonchev–Trinajstić information content (AvgIpc) is 2.97. The van der Waals surface area contributed by atoms with E-state index < -0.39 is 5.97 Å². The van der Waals surface area contributed by atoms with Gasteiger partial charge in [-0.1, -0.05) is 28.1 Å². The molecule has 21 heavy (non-hydrogen) atoms. The lowest BCUT2D eigenvalue weighted by molar-refractivity contribution is -0.133. The zero-order valence-electron chi connectivity index (χ0n) is 11.0. The van der Waals surface area contributed by atoms with Crippen molar-refractivity contribution in [3.8, 4) is 0 Å². The van der Waals surface area contributed by atoms with E-state index in [9.17, 15) is 9.59 Å². The Morgan fingerprint density at radius 3 is 2.71 bits per heavy atom. The van der Waals surface area contributed by atoms with Crippen molar-refractivity contribution in [2.75, 3.05) is 5.75 Å². The van der Waals surface area contributed by atoms with Gasteiger partial charge in [0.15, 0.2) is 5.78 Å². The molecule has 0 saturated carbocycles. The van der Waals surface area contributed by atoms with E-state index in [2.05, 4.69) is 15.9 Å². The molecular weight excluding hydrogens is 356 g/mol. The quantitative estimate of drug-likeness (QED) is 0.742. The Labute approximate surface area is 134 Å². The summed E-state index contributed by atoms with van der Waals surface area (Å²) in [6.07, 6.45) is 1.72. The van der Waals surface area contributed by atoms with E-state index in [1.807, 2.05) is 6.07 Å². The molecule has 0 aliphatic heterocycles. The highest BCUT2D eigenvalue weighted by Gasteiger charge is 2.21. The van der Waals surface area contributed by atoms with E-state index in [1.54, 1.807) is 30.3 Å². The summed E-state index contributed by atoms with van der Waals surface area (Å²) in [5.41, 5.74) is 0.594. The first-order valence-corrected chi connectivity index (χ1v) is 8.06. The molecule has 1 aromatic carbocycles. The number of halogens is 1. The molecule has 2 aromatic rings. The van der Waals surface area contributed by atoms with Crippen molar-refractivity contribution in [3.63, 3.8) is 0 Å². The Morgan fingerprint density at radius 2 is 2.10 bits per heavy atom. The molecule has 110 valence electrons. The average molecular weight is 369 g/mol. The first kappa shape index (κ1) is 15.9. The van der Waals surface area contributed by atoms with Crippen LogP contribution in [0.1, 0.15) is 27.8 Å². The molecule has 0 aliphatic carbocycles. The number of carbonyl (C=O) groups excluding carboxylic acids is 1. The number of thioether (sulfide) groups is 1. The van der Waals surface area contributed by atoms with Crippen LogP contribution in [0.3, 0.4) is 0 Å². The maximum atomic E-state index is 12.3. The molecule has 0 bridgehead atoms. The fourth-order valence-corrected chi connectivity index (χ4v) is 3.15. The summed E-state index contributed by atoms with van der Waals surface area (Å²) in [5, 5.41) is 8.50. The molecule has 2 rings (SSSR count). The predicted molar refractivity (Wildman–Crippen MR) is 84.6 cm³/mol. The lowest BCUT2D eigenvalue weighted by atomic mass is 10.1. The summed E-state index contributed by atoms with van der Waals surface area (Å²) in [6, 6.07) is 10.6. The van der Waals surface area contributed by atoms with Gasteiger partial charge in [-0.05, 0) is 24.3 Å². The van der Waals surface area contributed by atoms with E-state index in [0.29, 0.717) is 11.3 Å². The van der Waals surface area contributed by atoms with Gasteiger partial charge in [0.05, 0.1) is 17.3 Å². The Kier molecular flexibility index (Phi) is 5.64. The minimum absolute atomic E-state index is 0.0458. The number of furan rings is 1. The number of benzene rings is 1. The molecule has 6 heteroatoms. The molecule has 0 amide bonds. The van der Waals surface area contributed by atoms with Crippen molar-refractivity contribution in [2.45, 2.75) is 11.7 Å². The van der Waals surface area contributed by atoms with Gasteiger partial charge in [-0.15, -0.1) is 11.8 Å². The number of Topliss-reactive ketones (excluding diaryl/α,β-unsaturated/α-hetero) is 1. The zero-order valence-corrected chi connectivity index (χ0v) is 13.4. The molecular formula is C15H13BrO4S. The van der Waals surface area contributed by atoms with Crippen LogP contribution in [0.4, 0.5) is 0 Å². The fourth-order valence-electron chi connectivity index (χ4n) is 1.84. The molecule has 1 atom stereocenters. The maximum absolute atomic E-state index is 12.3. The molecule has 0 radical (unpaired) electrons. The number of aliphatic carboxylic acids is 1. The number of rotatable bonds is 7. The van der Waals surface area contributed by atoms with E-state index in [-0.39, 0.29) is 23.2 Å². The van der Waals surface area contributed by atoms with E-state index in [0.717, 1.165) is 4.47 Å². The van der Waals surface area contributed by atoms with Gasteiger partial charge in [0, 0.05) is 16.5 Å². The van der Waals surface area contributed by atoms with Gasteiger partial charge in [0.25, 0.3) is 0 Å². The Morgan fingerprint density at radius 1 is 1.29 bits per heavy atom. The SMILES string of the molecule is O=C(O)CSC(CC(=O)c1cccc(Br)c1)c1ccco1. The fraction of sp³-hybridized carbons (Fsp3) is 0.200. The van der Waals surface area contributed by atoms with Crippen molar-refractivity contribution in [2.24, 2.45) is 0 Å². The molecule has 1 aromatic heterocycles. The standard InChI is InChI=1S/C15H13BrO4S/c16-11-4-1-3-10(7-11)12(17)8-14(21-9-15(18)19)13-5-2-6-20-13/h1-7,14H,8-9H2,(H,18,19). The van der Waals surface area contributed by atoms with Gasteiger partial charge in [0.2, 0.25) is 0 Å². The lowest BCUT2D eigenvalue weighted by Crippen LogP contribution is -2.08. The number of ketones is 1. The number of carboxylic acids is 1. The summed E-state index contributed by atoms with van der Waals surface area (Å²) in [4.78, 5) is 23.1. The second-order valence-corrected chi connectivity index (χ2v) is 6.45. The Balaban J connectivity index is 2.11. The predicted octanol–water partition coefficient (Wildman–Crippen LogP) is 4.17. The highest BCUT2D eigenvalue weighted by molar-refractivity contribution is 9.10. The van der Waals surface area contributed by atoms with Crippen molar-refractivity contribution < 1.29 is 19.1 Å². The van der Waals surface area contributed by atoms with Crippen LogP contribution in [0.5, 0.6) is 0 Å². The van der Waals surface area contributed by atoms with Crippen LogP contribution in [-0.2, 0) is 4.79 Å². The minimum Gasteiger partial charge on any atom is -0.481 e. The normalized spacial score (nSPS) is 12.0. The number of hydrogen-bond donors (Lipinski definition) is 1. The van der Waals surface area contributed by atoms with Gasteiger partial charge in [-0.3, -0.25) is 9.59 Å². The number of carbonyl (C=O) groups is 2. The highest BCUT2D eigenvalue weighted by Crippen LogP contribution is 2.33. The Bertz CT molecular complexity index is 624. The molecule has 0 fully saturated rings. The van der Waals surface area contributed by atoms with Crippen molar-refractivity contribution >= 4 is 39.4 Å². The van der Waals surface area contributed by atoms with E-state index in [4.69, 9.17) is 9.52 Å². The van der Waals surface area contributed by atoms with Crippen molar-refractivity contribution in [1.29, 1.82) is 0 Å². The zero-order chi connectivity index (χ0) is 15.2. The first-order valence-electron chi connectivity index (χ1n) is 6.22. The van der Waals surface area contributed by atoms with Crippen molar-refractivity contribution in [3.05, 3.63) is 58.5 Å². The minimum atomic E-state index is -0.911. The Hall–Kier alpha value is -1.53. The largest absolute Gasteiger partial charge is 0.481 e. The molecule has 4 nitrogen and oxygen atoms in total. The number of hydrogen-bond acceptors (Lipinski definition) is 4. The maximum Gasteiger partial charge on any atom is 0.313 e. The van der Waals surface area contributed by atoms with Crippen LogP contribution in [0.15, 0.2) is 51.6 Å². The lowest BCUT2D eigenvalue weighted by Gasteiger charge is -2.12. The molecule has 1 unspecified atom stereocenters. The van der Waals surface area contributed by atoms with Gasteiger partial charge in [0.1, 0.15) is 5.76 Å². The van der Waals surface area contributed by atoms with Gasteiger partial charge >= 0.3 is 5.97 Å². The number of carboxylic acid groups (broad SMARTS) is 1. The third-order valence-electron chi connectivity index (χ3n) is 2.79. The van der Waals surface area contributed by atoms with Crippen LogP contribution in [-0.4, -0.2) is 22.6 Å². The van der Waals surface area contributed by atoms with Crippen LogP contribution < -0.4 is 0 Å². The highest BCUT2D eigenvalue weighted by atomic mass is 79.9. The third kappa shape index (κ3) is 4.75. The molecule has 1 heterocycles.